The van der Waals surface area contributed by atoms with E-state index in [2.05, 4.69) is 10.6 Å². The van der Waals surface area contributed by atoms with E-state index in [4.69, 9.17) is 27.9 Å². The summed E-state index contributed by atoms with van der Waals surface area (Å²) in [5.74, 6) is -0.238. The molecular formula is C12H14Cl2N2O2. The topological polar surface area (TPSA) is 50.4 Å². The molecule has 1 aromatic rings. The second kappa shape index (κ2) is 5.89. The Balaban J connectivity index is 2.10. The van der Waals surface area contributed by atoms with E-state index in [1.54, 1.807) is 25.3 Å². The number of ether oxygens (including phenoxy) is 1. The van der Waals surface area contributed by atoms with Crippen molar-refractivity contribution in [2.24, 2.45) is 0 Å². The molecule has 2 rings (SSSR count). The largest absolute Gasteiger partial charge is 0.378 e. The average Bonchev–Trinajstić information content (AvgIpc) is 2.79. The number of hydrogen-bond donors (Lipinski definition) is 2. The lowest BCUT2D eigenvalue weighted by Crippen LogP contribution is -2.43. The van der Waals surface area contributed by atoms with E-state index in [0.717, 1.165) is 6.54 Å². The molecule has 1 aliphatic heterocycles. The summed E-state index contributed by atoms with van der Waals surface area (Å²) in [6.45, 7) is 1.41. The van der Waals surface area contributed by atoms with Crippen molar-refractivity contribution in [2.45, 2.75) is 12.1 Å². The molecular weight excluding hydrogens is 275 g/mol. The molecule has 4 nitrogen and oxygen atoms in total. The first-order valence-electron chi connectivity index (χ1n) is 5.62. The van der Waals surface area contributed by atoms with Crippen LogP contribution in [0.3, 0.4) is 0 Å². The van der Waals surface area contributed by atoms with E-state index >= 15 is 0 Å². The Morgan fingerprint density at radius 2 is 2.22 bits per heavy atom. The highest BCUT2D eigenvalue weighted by Crippen LogP contribution is 2.25. The lowest BCUT2D eigenvalue weighted by atomic mass is 10.1. The molecule has 0 aliphatic carbocycles. The molecule has 1 unspecified atom stereocenters. The van der Waals surface area contributed by atoms with Crippen molar-refractivity contribution in [3.63, 3.8) is 0 Å². The van der Waals surface area contributed by atoms with Gasteiger partial charge in [-0.15, -0.1) is 0 Å². The minimum absolute atomic E-state index is 0.0214. The van der Waals surface area contributed by atoms with Gasteiger partial charge in [0.2, 0.25) is 0 Å². The lowest BCUT2D eigenvalue weighted by Gasteiger charge is -2.19. The van der Waals surface area contributed by atoms with Crippen molar-refractivity contribution in [3.05, 3.63) is 33.8 Å². The fourth-order valence-electron chi connectivity index (χ4n) is 1.97. The summed E-state index contributed by atoms with van der Waals surface area (Å²) in [5.41, 5.74) is 0.380. The Bertz CT molecular complexity index is 454. The van der Waals surface area contributed by atoms with Gasteiger partial charge in [-0.2, -0.15) is 0 Å². The smallest absolute Gasteiger partial charge is 0.253 e. The van der Waals surface area contributed by atoms with Crippen LogP contribution >= 0.6 is 23.2 Å². The molecule has 0 bridgehead atoms. The van der Waals surface area contributed by atoms with Gasteiger partial charge in [0.15, 0.2) is 0 Å². The number of nitrogens with one attached hydrogen (secondary N) is 2. The predicted octanol–water partition coefficient (Wildman–Crippen LogP) is 1.71. The highest BCUT2D eigenvalue weighted by molar-refractivity contribution is 6.43. The molecule has 0 spiro atoms. The number of carbonyl (C=O) groups is 1. The fourth-order valence-corrected chi connectivity index (χ4v) is 2.36. The summed E-state index contributed by atoms with van der Waals surface area (Å²) in [5, 5.41) is 6.70. The predicted molar refractivity (Wildman–Crippen MR) is 71.4 cm³/mol. The minimum atomic E-state index is -0.238. The van der Waals surface area contributed by atoms with Crippen LogP contribution in [0.2, 0.25) is 10.0 Å². The minimum Gasteiger partial charge on any atom is -0.378 e. The number of carbonyl (C=O) groups excluding carboxylic acids is 1. The van der Waals surface area contributed by atoms with Gasteiger partial charge in [0.1, 0.15) is 0 Å². The molecule has 1 saturated heterocycles. The van der Waals surface area contributed by atoms with Crippen LogP contribution in [-0.4, -0.2) is 38.3 Å². The molecule has 0 saturated carbocycles. The Labute approximate surface area is 116 Å². The van der Waals surface area contributed by atoms with E-state index in [0.29, 0.717) is 17.1 Å². The second-order valence-electron chi connectivity index (χ2n) is 4.11. The second-order valence-corrected chi connectivity index (χ2v) is 4.90. The zero-order valence-electron chi connectivity index (χ0n) is 9.87. The fraction of sp³-hybridized carbons (Fsp3) is 0.417. The van der Waals surface area contributed by atoms with Gasteiger partial charge in [0.05, 0.1) is 27.8 Å². The Morgan fingerprint density at radius 3 is 2.94 bits per heavy atom. The molecule has 1 aromatic carbocycles. The molecule has 1 heterocycles. The third-order valence-electron chi connectivity index (χ3n) is 2.97. The number of methoxy groups -OCH3 is 1. The van der Waals surface area contributed by atoms with Gasteiger partial charge in [-0.1, -0.05) is 29.3 Å². The third kappa shape index (κ3) is 2.78. The van der Waals surface area contributed by atoms with E-state index in [1.807, 2.05) is 0 Å². The highest BCUT2D eigenvalue weighted by atomic mass is 35.5. The zero-order valence-corrected chi connectivity index (χ0v) is 11.4. The molecule has 6 heteroatoms. The number of halogens is 2. The number of benzene rings is 1. The Hall–Kier alpha value is -0.810. The van der Waals surface area contributed by atoms with Crippen molar-refractivity contribution in [1.29, 1.82) is 0 Å². The first-order valence-corrected chi connectivity index (χ1v) is 6.37. The Kier molecular flexibility index (Phi) is 4.45. The van der Waals surface area contributed by atoms with Crippen LogP contribution in [0.1, 0.15) is 10.4 Å². The van der Waals surface area contributed by atoms with Crippen molar-refractivity contribution >= 4 is 29.1 Å². The standard InChI is InChI=1S/C12H14Cl2N2O2/c1-18-10-6-15-5-9(10)16-12(17)7-3-2-4-8(13)11(7)14/h2-4,9-10,15H,5-6H2,1H3,(H,16,17)/t9?,10-/m1/s1. The maximum Gasteiger partial charge on any atom is 0.253 e. The van der Waals surface area contributed by atoms with Gasteiger partial charge >= 0.3 is 0 Å². The lowest BCUT2D eigenvalue weighted by molar-refractivity contribution is 0.0780. The van der Waals surface area contributed by atoms with Crippen molar-refractivity contribution in [3.8, 4) is 0 Å². The molecule has 2 atom stereocenters. The van der Waals surface area contributed by atoms with Crippen molar-refractivity contribution in [2.75, 3.05) is 20.2 Å². The van der Waals surface area contributed by atoms with E-state index in [-0.39, 0.29) is 23.1 Å². The summed E-state index contributed by atoms with van der Waals surface area (Å²) in [7, 11) is 1.63. The summed E-state index contributed by atoms with van der Waals surface area (Å²) >= 11 is 11.9. The van der Waals surface area contributed by atoms with E-state index in [9.17, 15) is 4.79 Å². The molecule has 1 aliphatic rings. The quantitative estimate of drug-likeness (QED) is 0.890. The molecule has 18 heavy (non-hydrogen) atoms. The molecule has 1 amide bonds. The van der Waals surface area contributed by atoms with Gasteiger partial charge < -0.3 is 15.4 Å². The molecule has 98 valence electrons. The average molecular weight is 289 g/mol. The first kappa shape index (κ1) is 13.6. The van der Waals surface area contributed by atoms with Gasteiger partial charge in [-0.05, 0) is 12.1 Å². The molecule has 0 aromatic heterocycles. The van der Waals surface area contributed by atoms with Crippen LogP contribution in [0.15, 0.2) is 18.2 Å². The SMILES string of the molecule is CO[C@@H]1CNCC1NC(=O)c1cccc(Cl)c1Cl. The van der Waals surface area contributed by atoms with E-state index < -0.39 is 0 Å². The zero-order chi connectivity index (χ0) is 13.1. The highest BCUT2D eigenvalue weighted by Gasteiger charge is 2.28. The van der Waals surface area contributed by atoms with Crippen LogP contribution in [0.25, 0.3) is 0 Å². The van der Waals surface area contributed by atoms with Crippen molar-refractivity contribution in [1.82, 2.24) is 10.6 Å². The van der Waals surface area contributed by atoms with Gasteiger partial charge in [0.25, 0.3) is 5.91 Å². The van der Waals surface area contributed by atoms with Crippen LogP contribution in [-0.2, 0) is 4.74 Å². The van der Waals surface area contributed by atoms with Gasteiger partial charge in [-0.25, -0.2) is 0 Å². The normalized spacial score (nSPS) is 23.1. The molecule has 2 N–H and O–H groups in total. The maximum absolute atomic E-state index is 12.1. The third-order valence-corrected chi connectivity index (χ3v) is 3.79. The first-order chi connectivity index (χ1) is 8.63. The molecule has 1 fully saturated rings. The van der Waals surface area contributed by atoms with Crippen LogP contribution in [0.4, 0.5) is 0 Å². The summed E-state index contributed by atoms with van der Waals surface area (Å²) in [6, 6.07) is 4.94. The van der Waals surface area contributed by atoms with Gasteiger partial charge in [-0.3, -0.25) is 4.79 Å². The van der Waals surface area contributed by atoms with Crippen LogP contribution in [0.5, 0.6) is 0 Å². The number of hydrogen-bond acceptors (Lipinski definition) is 3. The van der Waals surface area contributed by atoms with Crippen molar-refractivity contribution < 1.29 is 9.53 Å². The maximum atomic E-state index is 12.1. The summed E-state index contributed by atoms with van der Waals surface area (Å²) in [4.78, 5) is 12.1. The van der Waals surface area contributed by atoms with Crippen LogP contribution < -0.4 is 10.6 Å². The van der Waals surface area contributed by atoms with Gasteiger partial charge in [0, 0.05) is 20.2 Å². The van der Waals surface area contributed by atoms with E-state index in [1.165, 1.54) is 0 Å². The van der Waals surface area contributed by atoms with Crippen LogP contribution in [0, 0.1) is 0 Å². The number of amides is 1. The monoisotopic (exact) mass is 288 g/mol. The summed E-state index contributed by atoms with van der Waals surface area (Å²) in [6.07, 6.45) is -0.0214. The molecule has 0 radical (unpaired) electrons. The summed E-state index contributed by atoms with van der Waals surface area (Å²) < 4.78 is 5.28. The Morgan fingerprint density at radius 1 is 1.44 bits per heavy atom. The number of rotatable bonds is 3.